The van der Waals surface area contributed by atoms with Crippen LogP contribution in [-0.4, -0.2) is 27.5 Å². The van der Waals surface area contributed by atoms with Crippen molar-refractivity contribution < 1.29 is 17.2 Å². The van der Waals surface area contributed by atoms with E-state index >= 15 is 0 Å². The first-order chi connectivity index (χ1) is 12.5. The Morgan fingerprint density at radius 1 is 1.04 bits per heavy atom. The molecule has 138 valence electrons. The summed E-state index contributed by atoms with van der Waals surface area (Å²) in [4.78, 5) is 0. The molecule has 5 nitrogen and oxygen atoms in total. The van der Waals surface area contributed by atoms with Crippen molar-refractivity contribution in [2.24, 2.45) is 0 Å². The number of rotatable bonds is 6. The smallest absolute Gasteiger partial charge is 0.314 e. The third-order valence-electron chi connectivity index (χ3n) is 4.56. The molecule has 1 N–H and O–H groups in total. The second kappa shape index (κ2) is 6.51. The lowest BCUT2D eigenvalue weighted by Crippen LogP contribution is -2.37. The quantitative estimate of drug-likeness (QED) is 0.784. The number of fused-ring (bicyclic) bond motifs is 1. The fourth-order valence-electron chi connectivity index (χ4n) is 3.15. The van der Waals surface area contributed by atoms with Gasteiger partial charge >= 0.3 is 10.2 Å². The Labute approximate surface area is 151 Å². The molecule has 1 fully saturated rings. The van der Waals surface area contributed by atoms with Gasteiger partial charge in [-0.2, -0.15) is 8.42 Å². The maximum absolute atomic E-state index is 14.3. The molecule has 0 unspecified atom stereocenters. The second-order valence-electron chi connectivity index (χ2n) is 6.51. The summed E-state index contributed by atoms with van der Waals surface area (Å²) < 4.78 is 56.0. The van der Waals surface area contributed by atoms with E-state index in [1.54, 1.807) is 24.3 Å². The minimum Gasteiger partial charge on any atom is -0.314 e. The molecule has 2 aromatic rings. The minimum atomic E-state index is -3.98. The van der Waals surface area contributed by atoms with Crippen LogP contribution in [0.1, 0.15) is 19.3 Å². The van der Waals surface area contributed by atoms with E-state index in [0.717, 1.165) is 23.0 Å². The maximum Gasteiger partial charge on any atom is 0.331 e. The van der Waals surface area contributed by atoms with Crippen LogP contribution in [0.3, 0.4) is 0 Å². The van der Waals surface area contributed by atoms with Crippen molar-refractivity contribution in [1.29, 1.82) is 0 Å². The van der Waals surface area contributed by atoms with Gasteiger partial charge in [0.15, 0.2) is 5.82 Å². The van der Waals surface area contributed by atoms with Crippen molar-refractivity contribution in [2.45, 2.75) is 25.3 Å². The molecule has 2 aliphatic rings. The number of para-hydroxylation sites is 2. The van der Waals surface area contributed by atoms with Gasteiger partial charge in [-0.15, -0.1) is 0 Å². The fraction of sp³-hybridized carbons (Fsp3) is 0.333. The van der Waals surface area contributed by atoms with Crippen LogP contribution in [0.5, 0.6) is 0 Å². The van der Waals surface area contributed by atoms with E-state index in [1.807, 2.05) is 0 Å². The van der Waals surface area contributed by atoms with Gasteiger partial charge < -0.3 is 5.32 Å². The molecule has 1 aliphatic carbocycles. The van der Waals surface area contributed by atoms with Gasteiger partial charge in [-0.25, -0.2) is 13.1 Å². The minimum absolute atomic E-state index is 0.183. The van der Waals surface area contributed by atoms with E-state index in [-0.39, 0.29) is 5.69 Å². The summed E-state index contributed by atoms with van der Waals surface area (Å²) >= 11 is 0. The molecule has 0 saturated heterocycles. The predicted octanol–water partition coefficient (Wildman–Crippen LogP) is 3.31. The van der Waals surface area contributed by atoms with Gasteiger partial charge in [-0.05, 0) is 50.1 Å². The number of nitrogens with zero attached hydrogens (tertiary/aromatic N) is 2. The summed E-state index contributed by atoms with van der Waals surface area (Å²) in [5.41, 5.74) is 0.688. The Morgan fingerprint density at radius 3 is 2.46 bits per heavy atom. The number of halogens is 2. The summed E-state index contributed by atoms with van der Waals surface area (Å²) in [6.07, 6.45) is 2.98. The van der Waals surface area contributed by atoms with Crippen LogP contribution >= 0.6 is 0 Å². The van der Waals surface area contributed by atoms with Gasteiger partial charge in [0.25, 0.3) is 0 Å². The van der Waals surface area contributed by atoms with Crippen molar-refractivity contribution in [1.82, 2.24) is 5.32 Å². The monoisotopic (exact) mass is 379 g/mol. The zero-order chi connectivity index (χ0) is 18.3. The summed E-state index contributed by atoms with van der Waals surface area (Å²) in [5, 5.41) is 3.35. The second-order valence-corrected chi connectivity index (χ2v) is 8.21. The molecule has 1 heterocycles. The lowest BCUT2D eigenvalue weighted by Gasteiger charge is -2.22. The first kappa shape index (κ1) is 17.2. The average molecular weight is 379 g/mol. The zero-order valence-electron chi connectivity index (χ0n) is 14.0. The highest BCUT2D eigenvalue weighted by Gasteiger charge is 2.41. The average Bonchev–Trinajstić information content (AvgIpc) is 3.38. The lowest BCUT2D eigenvalue weighted by molar-refractivity contribution is 0.577. The number of nitrogens with one attached hydrogen (secondary N) is 1. The number of anilines is 3. The molecule has 0 atom stereocenters. The third-order valence-corrected chi connectivity index (χ3v) is 6.35. The highest BCUT2D eigenvalue weighted by Crippen LogP contribution is 2.45. The van der Waals surface area contributed by atoms with Crippen molar-refractivity contribution in [3.8, 4) is 0 Å². The van der Waals surface area contributed by atoms with E-state index in [2.05, 4.69) is 5.32 Å². The first-order valence-electron chi connectivity index (χ1n) is 8.59. The molecule has 0 aromatic heterocycles. The van der Waals surface area contributed by atoms with E-state index in [1.165, 1.54) is 17.1 Å². The summed E-state index contributed by atoms with van der Waals surface area (Å²) in [5.74, 6) is -1.67. The van der Waals surface area contributed by atoms with Gasteiger partial charge in [-0.3, -0.25) is 4.31 Å². The Morgan fingerprint density at radius 2 is 1.77 bits per heavy atom. The first-order valence-corrected chi connectivity index (χ1v) is 9.98. The van der Waals surface area contributed by atoms with Gasteiger partial charge in [0, 0.05) is 18.7 Å². The topological polar surface area (TPSA) is 52.7 Å². The van der Waals surface area contributed by atoms with Crippen LogP contribution in [-0.2, 0) is 10.2 Å². The van der Waals surface area contributed by atoms with Crippen LogP contribution in [0, 0.1) is 11.6 Å². The maximum atomic E-state index is 14.3. The van der Waals surface area contributed by atoms with E-state index < -0.39 is 21.8 Å². The third kappa shape index (κ3) is 3.03. The normalized spacial score (nSPS) is 18.2. The zero-order valence-corrected chi connectivity index (χ0v) is 14.8. The molecular weight excluding hydrogens is 360 g/mol. The largest absolute Gasteiger partial charge is 0.331 e. The molecule has 4 rings (SSSR count). The Bertz CT molecular complexity index is 932. The highest BCUT2D eigenvalue weighted by molar-refractivity contribution is 7.95. The fourth-order valence-corrected chi connectivity index (χ4v) is 4.91. The van der Waals surface area contributed by atoms with Crippen LogP contribution in [0.15, 0.2) is 42.5 Å². The van der Waals surface area contributed by atoms with Crippen molar-refractivity contribution >= 4 is 27.3 Å². The molecule has 0 bridgehead atoms. The molecule has 1 aliphatic heterocycles. The lowest BCUT2D eigenvalue weighted by atomic mass is 10.2. The molecule has 8 heteroatoms. The van der Waals surface area contributed by atoms with Crippen LogP contribution in [0.25, 0.3) is 0 Å². The van der Waals surface area contributed by atoms with E-state index in [9.17, 15) is 17.2 Å². The van der Waals surface area contributed by atoms with Gasteiger partial charge in [0.05, 0.1) is 17.1 Å². The van der Waals surface area contributed by atoms with E-state index in [4.69, 9.17) is 0 Å². The number of hydrogen-bond acceptors (Lipinski definition) is 3. The Hall–Kier alpha value is -2.19. The molecule has 26 heavy (non-hydrogen) atoms. The van der Waals surface area contributed by atoms with Gasteiger partial charge in [-0.1, -0.05) is 12.1 Å². The number of hydrogen-bond donors (Lipinski definition) is 1. The Kier molecular flexibility index (Phi) is 4.32. The van der Waals surface area contributed by atoms with Gasteiger partial charge in [0.2, 0.25) is 0 Å². The summed E-state index contributed by atoms with van der Waals surface area (Å²) in [6.45, 7) is 1.02. The summed E-state index contributed by atoms with van der Waals surface area (Å²) in [6, 6.07) is 10.2. The molecule has 1 saturated carbocycles. The van der Waals surface area contributed by atoms with E-state index in [0.29, 0.717) is 36.4 Å². The summed E-state index contributed by atoms with van der Waals surface area (Å²) in [7, 11) is -3.98. The number of benzene rings is 2. The highest BCUT2D eigenvalue weighted by atomic mass is 32.2. The molecule has 0 spiro atoms. The van der Waals surface area contributed by atoms with Crippen LogP contribution < -0.4 is 13.9 Å². The Balaban J connectivity index is 1.66. The molecule has 0 amide bonds. The molecule has 0 radical (unpaired) electrons. The van der Waals surface area contributed by atoms with Crippen LogP contribution in [0.4, 0.5) is 25.8 Å². The predicted molar refractivity (Wildman–Crippen MR) is 96.8 cm³/mol. The van der Waals surface area contributed by atoms with Gasteiger partial charge in [0.1, 0.15) is 5.82 Å². The van der Waals surface area contributed by atoms with Crippen molar-refractivity contribution in [2.75, 3.05) is 21.7 Å². The van der Waals surface area contributed by atoms with Crippen LogP contribution in [0.2, 0.25) is 0 Å². The SMILES string of the molecule is O=S1(=O)N(CCCNC2CC2)c2ccccc2N1c1ccc(F)cc1F. The van der Waals surface area contributed by atoms with Crippen molar-refractivity contribution in [3.05, 3.63) is 54.1 Å². The molecule has 2 aromatic carbocycles. The molecular formula is C18H19F2N3O2S. The van der Waals surface area contributed by atoms with Crippen molar-refractivity contribution in [3.63, 3.8) is 0 Å². The standard InChI is InChI=1S/C18H19F2N3O2S/c19-13-6-9-16(15(20)12-13)23-18-5-2-1-4-17(18)22(26(23,24)25)11-3-10-21-14-7-8-14/h1-2,4-6,9,12,14,21H,3,7-8,10-11H2.